The van der Waals surface area contributed by atoms with Gasteiger partial charge in [0.25, 0.3) is 0 Å². The van der Waals surface area contributed by atoms with E-state index in [-0.39, 0.29) is 12.4 Å². The van der Waals surface area contributed by atoms with E-state index in [1.807, 2.05) is 0 Å². The molecule has 0 N–H and O–H groups in total. The Kier molecular flexibility index (Phi) is 3.44. The van der Waals surface area contributed by atoms with Gasteiger partial charge in [-0.15, -0.1) is 0 Å². The lowest BCUT2D eigenvalue weighted by molar-refractivity contribution is -0.146. The van der Waals surface area contributed by atoms with Crippen LogP contribution in [0.4, 0.5) is 19.1 Å². The van der Waals surface area contributed by atoms with E-state index in [0.717, 1.165) is 0 Å². The average Bonchev–Trinajstić information content (AvgIpc) is 2.98. The highest BCUT2D eigenvalue weighted by molar-refractivity contribution is 5.52. The molecule has 110 valence electrons. The normalized spacial score (nSPS) is 19.0. The van der Waals surface area contributed by atoms with Gasteiger partial charge in [0.15, 0.2) is 5.82 Å². The standard InChI is InChI=1S/C13H12F3N5/c14-13(15,16)10-3-1-6-21(10)12-19-7-9(8-20-12)11-17-4-2-5-18-11/h2,4-5,7-8,10H,1,3,6H2. The first-order valence-electron chi connectivity index (χ1n) is 6.48. The van der Waals surface area contributed by atoms with Crippen LogP contribution in [0.15, 0.2) is 30.9 Å². The van der Waals surface area contributed by atoms with Gasteiger partial charge in [-0.25, -0.2) is 19.9 Å². The zero-order chi connectivity index (χ0) is 14.9. The first kappa shape index (κ1) is 13.7. The summed E-state index contributed by atoms with van der Waals surface area (Å²) in [5, 5.41) is 0. The van der Waals surface area contributed by atoms with E-state index in [1.54, 1.807) is 18.5 Å². The van der Waals surface area contributed by atoms with Crippen molar-refractivity contribution in [1.29, 1.82) is 0 Å². The van der Waals surface area contributed by atoms with Crippen molar-refractivity contribution in [3.63, 3.8) is 0 Å². The highest BCUT2D eigenvalue weighted by atomic mass is 19.4. The summed E-state index contributed by atoms with van der Waals surface area (Å²) in [5.74, 6) is 0.535. The van der Waals surface area contributed by atoms with Crippen molar-refractivity contribution < 1.29 is 13.2 Å². The van der Waals surface area contributed by atoms with E-state index in [4.69, 9.17) is 0 Å². The summed E-state index contributed by atoms with van der Waals surface area (Å²) < 4.78 is 38.8. The predicted molar refractivity (Wildman–Crippen MR) is 69.5 cm³/mol. The van der Waals surface area contributed by atoms with Crippen LogP contribution in [0, 0.1) is 0 Å². The van der Waals surface area contributed by atoms with E-state index >= 15 is 0 Å². The minimum atomic E-state index is -4.26. The predicted octanol–water partition coefficient (Wildman–Crippen LogP) is 2.46. The maximum atomic E-state index is 12.9. The Bertz CT molecular complexity index is 599. The number of nitrogens with zero attached hydrogens (tertiary/aromatic N) is 5. The van der Waals surface area contributed by atoms with Crippen LogP contribution in [0.5, 0.6) is 0 Å². The van der Waals surface area contributed by atoms with Crippen LogP contribution in [0.25, 0.3) is 11.4 Å². The first-order valence-corrected chi connectivity index (χ1v) is 6.48. The lowest BCUT2D eigenvalue weighted by atomic mass is 10.2. The number of rotatable bonds is 2. The number of anilines is 1. The van der Waals surface area contributed by atoms with E-state index in [9.17, 15) is 13.2 Å². The first-order chi connectivity index (χ1) is 10.1. The Hall–Kier alpha value is -2.25. The third-order valence-corrected chi connectivity index (χ3v) is 3.35. The second-order valence-corrected chi connectivity index (χ2v) is 4.74. The Balaban J connectivity index is 1.84. The van der Waals surface area contributed by atoms with Gasteiger partial charge < -0.3 is 4.90 Å². The molecule has 3 heterocycles. The molecule has 0 aromatic carbocycles. The topological polar surface area (TPSA) is 54.8 Å². The number of alkyl halides is 3. The molecule has 1 unspecified atom stereocenters. The van der Waals surface area contributed by atoms with Gasteiger partial charge in [-0.1, -0.05) is 0 Å². The molecule has 0 bridgehead atoms. The number of hydrogen-bond acceptors (Lipinski definition) is 5. The van der Waals surface area contributed by atoms with Gasteiger partial charge in [-0.2, -0.15) is 13.2 Å². The molecule has 0 spiro atoms. The van der Waals surface area contributed by atoms with Crippen molar-refractivity contribution in [2.45, 2.75) is 25.1 Å². The van der Waals surface area contributed by atoms with Crippen LogP contribution < -0.4 is 4.90 Å². The average molecular weight is 295 g/mol. The SMILES string of the molecule is FC(F)(F)C1CCCN1c1ncc(-c2ncccn2)cn1. The maximum absolute atomic E-state index is 12.9. The van der Waals surface area contributed by atoms with Crippen LogP contribution >= 0.6 is 0 Å². The van der Waals surface area contributed by atoms with Crippen LogP contribution in [0.3, 0.4) is 0 Å². The molecule has 21 heavy (non-hydrogen) atoms. The van der Waals surface area contributed by atoms with Crippen molar-refractivity contribution in [2.75, 3.05) is 11.4 Å². The lowest BCUT2D eigenvalue weighted by Crippen LogP contribution is -2.42. The maximum Gasteiger partial charge on any atom is 0.408 e. The molecule has 1 saturated heterocycles. The summed E-state index contributed by atoms with van der Waals surface area (Å²) in [5.41, 5.74) is 0.571. The molecular formula is C13H12F3N5. The summed E-state index contributed by atoms with van der Waals surface area (Å²) in [6.45, 7) is 0.311. The van der Waals surface area contributed by atoms with E-state index in [2.05, 4.69) is 19.9 Å². The van der Waals surface area contributed by atoms with Crippen LogP contribution in [0.1, 0.15) is 12.8 Å². The zero-order valence-electron chi connectivity index (χ0n) is 11.0. The molecule has 0 radical (unpaired) electrons. The van der Waals surface area contributed by atoms with E-state index < -0.39 is 12.2 Å². The Morgan fingerprint density at radius 1 is 1.05 bits per heavy atom. The highest BCUT2D eigenvalue weighted by Crippen LogP contribution is 2.34. The second kappa shape index (κ2) is 5.27. The molecule has 0 saturated carbocycles. The smallest absolute Gasteiger partial charge is 0.329 e. The van der Waals surface area contributed by atoms with Gasteiger partial charge in [0.2, 0.25) is 5.95 Å². The number of hydrogen-bond donors (Lipinski definition) is 0. The third kappa shape index (κ3) is 2.79. The zero-order valence-corrected chi connectivity index (χ0v) is 11.0. The van der Waals surface area contributed by atoms with E-state index in [1.165, 1.54) is 17.3 Å². The minimum Gasteiger partial charge on any atom is -0.329 e. The van der Waals surface area contributed by atoms with Gasteiger partial charge in [0, 0.05) is 31.3 Å². The Morgan fingerprint density at radius 3 is 2.33 bits per heavy atom. The van der Waals surface area contributed by atoms with Crippen molar-refractivity contribution in [3.05, 3.63) is 30.9 Å². The Labute approximate surface area is 118 Å². The van der Waals surface area contributed by atoms with Gasteiger partial charge in [0.1, 0.15) is 6.04 Å². The van der Waals surface area contributed by atoms with Gasteiger partial charge in [-0.05, 0) is 18.9 Å². The van der Waals surface area contributed by atoms with Gasteiger partial charge in [-0.3, -0.25) is 0 Å². The monoisotopic (exact) mass is 295 g/mol. The van der Waals surface area contributed by atoms with Crippen molar-refractivity contribution in [1.82, 2.24) is 19.9 Å². The summed E-state index contributed by atoms with van der Waals surface area (Å²) in [7, 11) is 0. The molecule has 1 aliphatic rings. The fourth-order valence-electron chi connectivity index (χ4n) is 2.38. The molecule has 5 nitrogen and oxygen atoms in total. The third-order valence-electron chi connectivity index (χ3n) is 3.35. The van der Waals surface area contributed by atoms with Crippen LogP contribution in [-0.4, -0.2) is 38.7 Å². The lowest BCUT2D eigenvalue weighted by Gasteiger charge is -2.26. The van der Waals surface area contributed by atoms with Crippen LogP contribution in [0.2, 0.25) is 0 Å². The summed E-state index contributed by atoms with van der Waals surface area (Å²) in [6.07, 6.45) is 2.36. The molecule has 1 aliphatic heterocycles. The highest BCUT2D eigenvalue weighted by Gasteiger charge is 2.46. The van der Waals surface area contributed by atoms with Crippen molar-refractivity contribution >= 4 is 5.95 Å². The number of aromatic nitrogens is 4. The molecule has 3 rings (SSSR count). The molecular weight excluding hydrogens is 283 g/mol. The fourth-order valence-corrected chi connectivity index (χ4v) is 2.38. The van der Waals surface area contributed by atoms with Crippen molar-refractivity contribution in [3.8, 4) is 11.4 Å². The largest absolute Gasteiger partial charge is 0.408 e. The number of halogens is 3. The van der Waals surface area contributed by atoms with Crippen molar-refractivity contribution in [2.24, 2.45) is 0 Å². The Morgan fingerprint density at radius 2 is 1.71 bits per heavy atom. The van der Waals surface area contributed by atoms with Gasteiger partial charge in [0.05, 0.1) is 5.56 Å². The van der Waals surface area contributed by atoms with Crippen LogP contribution in [-0.2, 0) is 0 Å². The molecule has 8 heteroatoms. The molecule has 2 aromatic heterocycles. The summed E-state index contributed by atoms with van der Waals surface area (Å²) >= 11 is 0. The molecule has 0 aliphatic carbocycles. The summed E-state index contributed by atoms with van der Waals surface area (Å²) in [4.78, 5) is 17.4. The molecule has 2 aromatic rings. The minimum absolute atomic E-state index is 0.0798. The fraction of sp³-hybridized carbons (Fsp3) is 0.385. The second-order valence-electron chi connectivity index (χ2n) is 4.74. The summed E-state index contributed by atoms with van der Waals surface area (Å²) in [6, 6.07) is 0.174. The molecule has 1 fully saturated rings. The molecule has 1 atom stereocenters. The van der Waals surface area contributed by atoms with Gasteiger partial charge >= 0.3 is 6.18 Å². The van der Waals surface area contributed by atoms with E-state index in [0.29, 0.717) is 24.4 Å². The quantitative estimate of drug-likeness (QED) is 0.852. The molecule has 0 amide bonds.